The quantitative estimate of drug-likeness (QED) is 0.126. The molecule has 0 atom stereocenters. The van der Waals surface area contributed by atoms with Crippen LogP contribution >= 0.6 is 11.8 Å². The van der Waals surface area contributed by atoms with Crippen LogP contribution < -0.4 is 9.14 Å². The molecule has 38 heavy (non-hydrogen) atoms. The molecule has 0 spiro atoms. The molecule has 0 unspecified atom stereocenters. The SMILES string of the molecule is CC(C)Cc1nn(C)c(=O)c2c(SCCCO[Si](C)(C)C(C)(C)C)n(Cc3cccc[c]3[Sn]([CH3])([CH3])[CH3])cc12. The van der Waals surface area contributed by atoms with E-state index in [9.17, 15) is 4.79 Å². The first-order valence-corrected chi connectivity index (χ1v) is 27.9. The Morgan fingerprint density at radius 2 is 1.79 bits per heavy atom. The van der Waals surface area contributed by atoms with Crippen molar-refractivity contribution < 1.29 is 4.43 Å². The first-order valence-electron chi connectivity index (χ1n) is 14.0. The Bertz CT molecular complexity index is 1320. The Kier molecular flexibility index (Phi) is 10.1. The molecule has 0 amide bonds. The zero-order chi connectivity index (χ0) is 28.5. The van der Waals surface area contributed by atoms with Crippen molar-refractivity contribution >= 4 is 52.8 Å². The summed E-state index contributed by atoms with van der Waals surface area (Å²) in [5, 5.41) is 7.81. The molecule has 0 aliphatic rings. The zero-order valence-corrected chi connectivity index (χ0v) is 30.2. The van der Waals surface area contributed by atoms with Gasteiger partial charge in [0, 0.05) is 0 Å². The molecular weight excluding hydrogens is 613 g/mol. The van der Waals surface area contributed by atoms with Crippen molar-refractivity contribution in [2.24, 2.45) is 13.0 Å². The van der Waals surface area contributed by atoms with Crippen LogP contribution in [0.4, 0.5) is 0 Å². The molecule has 3 rings (SSSR count). The minimum absolute atomic E-state index is 0.00504. The third kappa shape index (κ3) is 7.37. The molecule has 0 radical (unpaired) electrons. The van der Waals surface area contributed by atoms with Gasteiger partial charge < -0.3 is 0 Å². The summed E-state index contributed by atoms with van der Waals surface area (Å²) in [5.41, 5.74) is 2.39. The average molecular weight is 663 g/mol. The Labute approximate surface area is 239 Å². The van der Waals surface area contributed by atoms with Gasteiger partial charge in [0.05, 0.1) is 0 Å². The van der Waals surface area contributed by atoms with Crippen LogP contribution in [0.3, 0.4) is 0 Å². The second-order valence-corrected chi connectivity index (χ2v) is 33.8. The number of fused-ring (bicyclic) bond motifs is 1. The summed E-state index contributed by atoms with van der Waals surface area (Å²) in [6.45, 7) is 17.4. The van der Waals surface area contributed by atoms with Crippen LogP contribution in [-0.2, 0) is 24.4 Å². The van der Waals surface area contributed by atoms with Gasteiger partial charge >= 0.3 is 220 Å². The van der Waals surface area contributed by atoms with Crippen molar-refractivity contribution in [3.05, 3.63) is 52.1 Å². The number of hydrogen-bond acceptors (Lipinski definition) is 4. The van der Waals surface area contributed by atoms with Crippen LogP contribution in [0.2, 0.25) is 33.0 Å². The number of rotatable bonds is 11. The maximum absolute atomic E-state index is 13.5. The van der Waals surface area contributed by atoms with Crippen molar-refractivity contribution in [1.29, 1.82) is 0 Å². The summed E-state index contributed by atoms with van der Waals surface area (Å²) >= 11 is -0.522. The first kappa shape index (κ1) is 31.5. The first-order chi connectivity index (χ1) is 17.5. The number of thioether (sulfide) groups is 1. The van der Waals surface area contributed by atoms with Gasteiger partial charge in [0.2, 0.25) is 0 Å². The van der Waals surface area contributed by atoms with Crippen LogP contribution in [0.15, 0.2) is 40.3 Å². The van der Waals surface area contributed by atoms with E-state index in [1.807, 2.05) is 0 Å². The third-order valence-electron chi connectivity index (χ3n) is 7.68. The van der Waals surface area contributed by atoms with E-state index in [1.54, 1.807) is 22.4 Å². The maximum atomic E-state index is 13.5. The van der Waals surface area contributed by atoms with Gasteiger partial charge in [-0.15, -0.1) is 0 Å². The molecule has 3 aromatic rings. The topological polar surface area (TPSA) is 49.1 Å². The van der Waals surface area contributed by atoms with E-state index in [1.165, 1.54) is 10.2 Å². The summed E-state index contributed by atoms with van der Waals surface area (Å²) < 4.78 is 11.8. The van der Waals surface area contributed by atoms with Gasteiger partial charge in [-0.2, -0.15) is 0 Å². The van der Waals surface area contributed by atoms with E-state index in [2.05, 4.69) is 97.6 Å². The normalized spacial score (nSPS) is 13.2. The number of aryl methyl sites for hydroxylation is 1. The summed E-state index contributed by atoms with van der Waals surface area (Å²) in [4.78, 5) is 20.9. The second-order valence-electron chi connectivity index (χ2n) is 13.5. The van der Waals surface area contributed by atoms with Crippen LogP contribution in [0.25, 0.3) is 10.8 Å². The Morgan fingerprint density at radius 1 is 1.13 bits per heavy atom. The van der Waals surface area contributed by atoms with Gasteiger partial charge in [0.25, 0.3) is 0 Å². The van der Waals surface area contributed by atoms with Crippen molar-refractivity contribution in [3.8, 4) is 0 Å². The number of benzene rings is 1. The van der Waals surface area contributed by atoms with Gasteiger partial charge in [-0.05, 0) is 0 Å². The number of hydrogen-bond donors (Lipinski definition) is 0. The molecule has 0 aliphatic carbocycles. The van der Waals surface area contributed by atoms with Crippen molar-refractivity contribution in [2.75, 3.05) is 12.4 Å². The zero-order valence-electron chi connectivity index (χ0n) is 25.6. The molecule has 2 aromatic heterocycles. The molecule has 2 heterocycles. The second kappa shape index (κ2) is 12.2. The monoisotopic (exact) mass is 663 g/mol. The van der Waals surface area contributed by atoms with Gasteiger partial charge in [0.1, 0.15) is 0 Å². The van der Waals surface area contributed by atoms with Crippen molar-refractivity contribution in [3.63, 3.8) is 0 Å². The van der Waals surface area contributed by atoms with E-state index >= 15 is 0 Å². The molecule has 0 saturated carbocycles. The van der Waals surface area contributed by atoms with Crippen molar-refractivity contribution in [2.45, 2.75) is 92.0 Å². The molecule has 0 aliphatic heterocycles. The Hall–Kier alpha value is -1.03. The van der Waals surface area contributed by atoms with Crippen LogP contribution in [0, 0.1) is 5.92 Å². The average Bonchev–Trinajstić information content (AvgIpc) is 3.14. The van der Waals surface area contributed by atoms with Crippen LogP contribution in [-0.4, -0.2) is 53.4 Å². The van der Waals surface area contributed by atoms with E-state index in [-0.39, 0.29) is 10.6 Å². The molecule has 0 bridgehead atoms. The molecule has 1 aromatic carbocycles. The molecule has 8 heteroatoms. The predicted octanol–water partition coefficient (Wildman–Crippen LogP) is 7.03. The fourth-order valence-corrected chi connectivity index (χ4v) is 11.6. The van der Waals surface area contributed by atoms with E-state index in [0.29, 0.717) is 5.92 Å². The van der Waals surface area contributed by atoms with Gasteiger partial charge in [0.15, 0.2) is 0 Å². The summed E-state index contributed by atoms with van der Waals surface area (Å²) in [5.74, 6) is 1.38. The molecule has 0 saturated heterocycles. The van der Waals surface area contributed by atoms with E-state index in [4.69, 9.17) is 9.52 Å². The fourth-order valence-electron chi connectivity index (χ4n) is 4.56. The van der Waals surface area contributed by atoms with Crippen LogP contribution in [0.5, 0.6) is 0 Å². The van der Waals surface area contributed by atoms with E-state index < -0.39 is 26.7 Å². The molecule has 210 valence electrons. The van der Waals surface area contributed by atoms with E-state index in [0.717, 1.165) is 53.2 Å². The van der Waals surface area contributed by atoms with Crippen molar-refractivity contribution in [1.82, 2.24) is 14.3 Å². The Morgan fingerprint density at radius 3 is 2.39 bits per heavy atom. The minimum atomic E-state index is -2.32. The third-order valence-corrected chi connectivity index (χ3v) is 19.4. The molecule has 5 nitrogen and oxygen atoms in total. The molecule has 0 N–H and O–H groups in total. The molecule has 0 fully saturated rings. The Balaban J connectivity index is 2.00. The standard InChI is InChI=1S/C27H40N3O2SSi.3CH3.Sn/c1-20(2)17-23-22-19-30(18-21-13-10-9-11-14-21)26(24(22)25(31)29(6)28-23)33-16-12-15-32-34(7,8)27(3,4)5;;;;/h9-11,13,19-20H,12,15-18H2,1-8H3;3*1H3;. The summed E-state index contributed by atoms with van der Waals surface area (Å²) in [6.07, 6.45) is 4.02. The molecular formula is C30H49N3O2SSiSn. The number of aromatic nitrogens is 3. The van der Waals surface area contributed by atoms with Gasteiger partial charge in [-0.3, -0.25) is 0 Å². The fraction of sp³-hybridized carbons (Fsp3) is 0.600. The number of nitrogens with zero attached hydrogens (tertiary/aromatic N) is 3. The summed E-state index contributed by atoms with van der Waals surface area (Å²) in [7, 11) is 0.0247. The summed E-state index contributed by atoms with van der Waals surface area (Å²) in [6, 6.07) is 8.92. The predicted molar refractivity (Wildman–Crippen MR) is 171 cm³/mol. The van der Waals surface area contributed by atoms with Crippen LogP contribution in [0.1, 0.15) is 52.3 Å². The van der Waals surface area contributed by atoms with Gasteiger partial charge in [-0.1, -0.05) is 20.8 Å². The van der Waals surface area contributed by atoms with Gasteiger partial charge in [-0.25, -0.2) is 0 Å².